The first-order valence-electron chi connectivity index (χ1n) is 10.7. The van der Waals surface area contributed by atoms with Gasteiger partial charge in [0.2, 0.25) is 0 Å². The molecule has 0 unspecified atom stereocenters. The summed E-state index contributed by atoms with van der Waals surface area (Å²) in [4.78, 5) is 27.3. The van der Waals surface area contributed by atoms with Crippen molar-refractivity contribution in [2.24, 2.45) is 0 Å². The van der Waals surface area contributed by atoms with Crippen molar-refractivity contribution in [3.05, 3.63) is 101 Å². The quantitative estimate of drug-likeness (QED) is 0.523. The van der Waals surface area contributed by atoms with Gasteiger partial charge in [-0.3, -0.25) is 14.5 Å². The molecule has 1 amide bonds. The van der Waals surface area contributed by atoms with Crippen LogP contribution in [0.5, 0.6) is 5.75 Å². The van der Waals surface area contributed by atoms with Crippen LogP contribution >= 0.6 is 0 Å². The van der Waals surface area contributed by atoms with Gasteiger partial charge < -0.3 is 15.2 Å². The lowest BCUT2D eigenvalue weighted by Crippen LogP contribution is -2.31. The first kappa shape index (κ1) is 22.1. The molecule has 0 aliphatic carbocycles. The van der Waals surface area contributed by atoms with Gasteiger partial charge in [-0.05, 0) is 61.4 Å². The molecule has 168 valence electrons. The molecule has 1 aliphatic heterocycles. The van der Waals surface area contributed by atoms with Crippen LogP contribution in [0, 0.1) is 13.8 Å². The third-order valence-corrected chi connectivity index (χ3v) is 5.75. The van der Waals surface area contributed by atoms with E-state index in [4.69, 9.17) is 4.74 Å². The van der Waals surface area contributed by atoms with Crippen LogP contribution in [-0.2, 0) is 9.59 Å². The van der Waals surface area contributed by atoms with Gasteiger partial charge >= 0.3 is 5.97 Å². The number of carbonyl (C=O) groups is 2. The molecule has 3 aromatic rings. The SMILES string of the molecule is COc1ccc([C@@H]2C(CC(=O)O)=C(Nc3ccc(C)cc3)C(=O)N2c2ccc(C)cc2)cc1. The summed E-state index contributed by atoms with van der Waals surface area (Å²) >= 11 is 0. The second-order valence-corrected chi connectivity index (χ2v) is 8.15. The zero-order valence-electron chi connectivity index (χ0n) is 18.8. The Morgan fingerprint density at radius 3 is 2.06 bits per heavy atom. The zero-order chi connectivity index (χ0) is 23.5. The molecule has 2 N–H and O–H groups in total. The summed E-state index contributed by atoms with van der Waals surface area (Å²) in [5.74, 6) is -0.575. The predicted octanol–water partition coefficient (Wildman–Crippen LogP) is 5.24. The molecule has 0 radical (unpaired) electrons. The summed E-state index contributed by atoms with van der Waals surface area (Å²) in [5.41, 5.74) is 5.21. The number of anilines is 2. The summed E-state index contributed by atoms with van der Waals surface area (Å²) in [6.07, 6.45) is -0.265. The van der Waals surface area contributed by atoms with Crippen molar-refractivity contribution < 1.29 is 19.4 Å². The van der Waals surface area contributed by atoms with Crippen LogP contribution in [0.15, 0.2) is 84.1 Å². The number of aliphatic carboxylic acids is 1. The number of methoxy groups -OCH3 is 1. The second-order valence-electron chi connectivity index (χ2n) is 8.15. The molecule has 1 aliphatic rings. The van der Waals surface area contributed by atoms with Crippen molar-refractivity contribution in [3.63, 3.8) is 0 Å². The highest BCUT2D eigenvalue weighted by Crippen LogP contribution is 2.43. The number of aryl methyl sites for hydroxylation is 2. The molecule has 0 aromatic heterocycles. The fourth-order valence-electron chi connectivity index (χ4n) is 4.04. The Kier molecular flexibility index (Phi) is 6.18. The predicted molar refractivity (Wildman–Crippen MR) is 128 cm³/mol. The van der Waals surface area contributed by atoms with E-state index in [1.165, 1.54) is 0 Å². The number of nitrogens with zero attached hydrogens (tertiary/aromatic N) is 1. The molecule has 0 saturated carbocycles. The van der Waals surface area contributed by atoms with Gasteiger partial charge in [0.25, 0.3) is 5.91 Å². The van der Waals surface area contributed by atoms with Gasteiger partial charge in [0.15, 0.2) is 0 Å². The molecule has 0 bridgehead atoms. The lowest BCUT2D eigenvalue weighted by atomic mass is 9.96. The van der Waals surface area contributed by atoms with Gasteiger partial charge in [0.1, 0.15) is 11.4 Å². The highest BCUT2D eigenvalue weighted by molar-refractivity contribution is 6.12. The number of nitrogens with one attached hydrogen (secondary N) is 1. The van der Waals surface area contributed by atoms with E-state index >= 15 is 0 Å². The third kappa shape index (κ3) is 4.60. The van der Waals surface area contributed by atoms with E-state index < -0.39 is 12.0 Å². The summed E-state index contributed by atoms with van der Waals surface area (Å²) in [6.45, 7) is 3.97. The molecule has 6 nitrogen and oxygen atoms in total. The average molecular weight is 443 g/mol. The van der Waals surface area contributed by atoms with Crippen LogP contribution < -0.4 is 15.0 Å². The highest BCUT2D eigenvalue weighted by Gasteiger charge is 2.42. The number of carbonyl (C=O) groups excluding carboxylic acids is 1. The summed E-state index contributed by atoms with van der Waals surface area (Å²) in [6, 6.07) is 22.1. The molecule has 1 heterocycles. The van der Waals surface area contributed by atoms with E-state index in [2.05, 4.69) is 5.32 Å². The molecule has 0 spiro atoms. The van der Waals surface area contributed by atoms with Crippen molar-refractivity contribution >= 4 is 23.3 Å². The molecule has 0 saturated heterocycles. The first-order valence-corrected chi connectivity index (χ1v) is 10.7. The van der Waals surface area contributed by atoms with Gasteiger partial charge in [0.05, 0.1) is 19.6 Å². The largest absolute Gasteiger partial charge is 0.497 e. The minimum absolute atomic E-state index is 0.265. The molecular weight excluding hydrogens is 416 g/mol. The Morgan fingerprint density at radius 1 is 0.939 bits per heavy atom. The Morgan fingerprint density at radius 2 is 1.52 bits per heavy atom. The maximum Gasteiger partial charge on any atom is 0.307 e. The normalized spacial score (nSPS) is 15.7. The maximum atomic E-state index is 13.7. The van der Waals surface area contributed by atoms with Gasteiger partial charge in [-0.15, -0.1) is 0 Å². The Bertz CT molecular complexity index is 1200. The molecule has 3 aromatic carbocycles. The number of benzene rings is 3. The third-order valence-electron chi connectivity index (χ3n) is 5.75. The van der Waals surface area contributed by atoms with Crippen molar-refractivity contribution in [1.82, 2.24) is 0 Å². The molecule has 6 heteroatoms. The second kappa shape index (κ2) is 9.20. The lowest BCUT2D eigenvalue weighted by Gasteiger charge is -2.27. The standard InChI is InChI=1S/C27H26N2O4/c1-17-4-10-20(11-5-17)28-25-23(16-24(30)31)26(19-8-14-22(33-3)15-9-19)29(27(25)32)21-12-6-18(2)7-13-21/h4-15,26,28H,16H2,1-3H3,(H,30,31)/t26-/m1/s1. The lowest BCUT2D eigenvalue weighted by molar-refractivity contribution is -0.136. The number of hydrogen-bond acceptors (Lipinski definition) is 4. The topological polar surface area (TPSA) is 78.9 Å². The summed E-state index contributed by atoms with van der Waals surface area (Å²) in [5, 5.41) is 12.9. The smallest absolute Gasteiger partial charge is 0.307 e. The fraction of sp³-hybridized carbons (Fsp3) is 0.185. The van der Waals surface area contributed by atoms with Gasteiger partial charge in [-0.2, -0.15) is 0 Å². The molecule has 0 fully saturated rings. The van der Waals surface area contributed by atoms with Crippen molar-refractivity contribution in [3.8, 4) is 5.75 Å². The van der Waals surface area contributed by atoms with Crippen molar-refractivity contribution in [2.75, 3.05) is 17.3 Å². The Balaban J connectivity index is 1.86. The molecule has 33 heavy (non-hydrogen) atoms. The van der Waals surface area contributed by atoms with Crippen molar-refractivity contribution in [2.45, 2.75) is 26.3 Å². The zero-order valence-corrected chi connectivity index (χ0v) is 18.8. The van der Waals surface area contributed by atoms with Gasteiger partial charge in [-0.25, -0.2) is 0 Å². The fourth-order valence-corrected chi connectivity index (χ4v) is 4.04. The Labute approximate surface area is 193 Å². The van der Waals surface area contributed by atoms with Gasteiger partial charge in [-0.1, -0.05) is 47.5 Å². The van der Waals surface area contributed by atoms with E-state index in [-0.39, 0.29) is 12.3 Å². The van der Waals surface area contributed by atoms with Crippen LogP contribution in [0.25, 0.3) is 0 Å². The number of carboxylic acid groups (broad SMARTS) is 1. The van der Waals surface area contributed by atoms with E-state index in [0.717, 1.165) is 22.4 Å². The minimum atomic E-state index is -0.995. The molecule has 1 atom stereocenters. The highest BCUT2D eigenvalue weighted by atomic mass is 16.5. The minimum Gasteiger partial charge on any atom is -0.497 e. The van der Waals surface area contributed by atoms with E-state index in [0.29, 0.717) is 22.7 Å². The first-order chi connectivity index (χ1) is 15.9. The average Bonchev–Trinajstić information content (AvgIpc) is 3.06. The van der Waals surface area contributed by atoms with E-state index in [1.54, 1.807) is 12.0 Å². The van der Waals surface area contributed by atoms with Crippen LogP contribution in [0.1, 0.15) is 29.2 Å². The van der Waals surface area contributed by atoms with Crippen LogP contribution in [0.3, 0.4) is 0 Å². The van der Waals surface area contributed by atoms with Crippen LogP contribution in [0.2, 0.25) is 0 Å². The summed E-state index contributed by atoms with van der Waals surface area (Å²) < 4.78 is 5.28. The van der Waals surface area contributed by atoms with Crippen LogP contribution in [-0.4, -0.2) is 24.1 Å². The number of ether oxygens (including phenoxy) is 1. The number of hydrogen-bond donors (Lipinski definition) is 2. The van der Waals surface area contributed by atoms with E-state index in [1.807, 2.05) is 86.6 Å². The van der Waals surface area contributed by atoms with Gasteiger partial charge in [0, 0.05) is 11.4 Å². The Hall–Kier alpha value is -4.06. The monoisotopic (exact) mass is 442 g/mol. The summed E-state index contributed by atoms with van der Waals surface area (Å²) in [7, 11) is 1.59. The number of carboxylic acids is 1. The van der Waals surface area contributed by atoms with Crippen molar-refractivity contribution in [1.29, 1.82) is 0 Å². The van der Waals surface area contributed by atoms with E-state index in [9.17, 15) is 14.7 Å². The molecular formula is C27H26N2O4. The molecule has 4 rings (SSSR count). The number of amides is 1. The maximum absolute atomic E-state index is 13.7. The number of rotatable bonds is 7. The van der Waals surface area contributed by atoms with Crippen LogP contribution in [0.4, 0.5) is 11.4 Å².